The summed E-state index contributed by atoms with van der Waals surface area (Å²) in [6.45, 7) is 4.61. The number of ether oxygens (including phenoxy) is 1. The molecule has 0 saturated carbocycles. The summed E-state index contributed by atoms with van der Waals surface area (Å²) in [7, 11) is 0. The van der Waals surface area contributed by atoms with E-state index in [0.717, 1.165) is 0 Å². The fourth-order valence-electron chi connectivity index (χ4n) is 2.38. The molecule has 0 aliphatic heterocycles. The number of carboxylic acid groups (broad SMARTS) is 1. The Balaban J connectivity index is 2.63. The number of rotatable bonds is 8. The first kappa shape index (κ1) is 27.1. The molecule has 7 N–H and O–H groups in total. The summed E-state index contributed by atoms with van der Waals surface area (Å²) in [5.41, 5.74) is 6.03. The van der Waals surface area contributed by atoms with Crippen molar-refractivity contribution in [2.75, 3.05) is 0 Å². The molecule has 0 aromatic heterocycles. The smallest absolute Gasteiger partial charge is 0.414 e. The molecule has 0 spiro atoms. The number of hydrogen-bond acceptors (Lipinski definition) is 7. The van der Waals surface area contributed by atoms with Gasteiger partial charge in [-0.1, -0.05) is 43.1 Å². The third-order valence-corrected chi connectivity index (χ3v) is 4.95. The molecule has 0 aliphatic rings. The van der Waals surface area contributed by atoms with Crippen LogP contribution in [-0.2, 0) is 25.5 Å². The average molecular weight is 490 g/mol. The largest absolute Gasteiger partial charge is 0.480 e. The first-order chi connectivity index (χ1) is 14.8. The van der Waals surface area contributed by atoms with E-state index >= 15 is 0 Å². The number of guanidine groups is 1. The van der Waals surface area contributed by atoms with Crippen LogP contribution in [0.2, 0.25) is 10.0 Å². The van der Waals surface area contributed by atoms with Gasteiger partial charge >= 0.3 is 12.1 Å². The summed E-state index contributed by atoms with van der Waals surface area (Å²) in [6, 6.07) is 2.17. The number of halogens is 2. The first-order valence-electron chi connectivity index (χ1n) is 9.41. The van der Waals surface area contributed by atoms with Crippen molar-refractivity contribution in [2.45, 2.75) is 45.4 Å². The minimum Gasteiger partial charge on any atom is -0.480 e. The summed E-state index contributed by atoms with van der Waals surface area (Å²) < 4.78 is 4.90. The summed E-state index contributed by atoms with van der Waals surface area (Å²) in [6.07, 6.45) is -2.79. The van der Waals surface area contributed by atoms with Crippen LogP contribution < -0.4 is 21.7 Å². The SMILES string of the molecule is CC(C)[C@@H](N)C(=O)N[C@H](C(=O)O)[C@@H](C)OC(=O)NC(=N)NC(=O)Cc1c(Cl)cccc1Cl. The second-order valence-corrected chi connectivity index (χ2v) is 7.94. The van der Waals surface area contributed by atoms with Crippen LogP contribution in [0.3, 0.4) is 0 Å². The van der Waals surface area contributed by atoms with Crippen LogP contribution in [0.25, 0.3) is 0 Å². The number of hydrogen-bond donors (Lipinski definition) is 6. The molecule has 1 aromatic rings. The average Bonchev–Trinajstić information content (AvgIpc) is 2.67. The van der Waals surface area contributed by atoms with E-state index in [-0.39, 0.29) is 22.4 Å². The zero-order valence-electron chi connectivity index (χ0n) is 17.6. The monoisotopic (exact) mass is 489 g/mol. The molecule has 176 valence electrons. The molecule has 32 heavy (non-hydrogen) atoms. The number of nitrogens with one attached hydrogen (secondary N) is 4. The van der Waals surface area contributed by atoms with Crippen LogP contribution in [0.4, 0.5) is 4.79 Å². The van der Waals surface area contributed by atoms with E-state index < -0.39 is 48.0 Å². The molecule has 3 amide bonds. The van der Waals surface area contributed by atoms with Crippen LogP contribution in [-0.4, -0.2) is 53.1 Å². The predicted molar refractivity (Wildman–Crippen MR) is 117 cm³/mol. The highest BCUT2D eigenvalue weighted by Gasteiger charge is 2.32. The van der Waals surface area contributed by atoms with Gasteiger partial charge < -0.3 is 20.9 Å². The normalized spacial score (nSPS) is 13.5. The van der Waals surface area contributed by atoms with E-state index in [9.17, 15) is 24.3 Å². The van der Waals surface area contributed by atoms with Crippen LogP contribution in [0.15, 0.2) is 18.2 Å². The Morgan fingerprint density at radius 3 is 2.19 bits per heavy atom. The van der Waals surface area contributed by atoms with Crippen molar-refractivity contribution in [3.63, 3.8) is 0 Å². The Kier molecular flexibility index (Phi) is 10.4. The number of aliphatic carboxylic acids is 1. The molecule has 0 bridgehead atoms. The number of carbonyl (C=O) groups excluding carboxylic acids is 3. The molecule has 0 radical (unpaired) electrons. The molecule has 11 nitrogen and oxygen atoms in total. The van der Waals surface area contributed by atoms with Gasteiger partial charge in [0.1, 0.15) is 6.10 Å². The van der Waals surface area contributed by atoms with Gasteiger partial charge in [0.2, 0.25) is 17.8 Å². The number of benzene rings is 1. The molecular weight excluding hydrogens is 465 g/mol. The van der Waals surface area contributed by atoms with Gasteiger partial charge in [0.25, 0.3) is 0 Å². The van der Waals surface area contributed by atoms with Crippen molar-refractivity contribution in [3.05, 3.63) is 33.8 Å². The third-order valence-electron chi connectivity index (χ3n) is 4.24. The number of amides is 3. The molecular formula is C19H25Cl2N5O6. The zero-order chi connectivity index (χ0) is 24.6. The standard InChI is InChI=1S/C19H25Cl2N5O6/c1-8(2)14(22)16(28)25-15(17(29)30)9(3)32-19(31)26-18(23)24-13(27)7-10-11(20)5-4-6-12(10)21/h4-6,8-9,14-15H,7,22H2,1-3H3,(H,25,28)(H,29,30)(H3,23,24,26,27,31)/t9-,14-,15+/m1/s1. The number of carbonyl (C=O) groups is 4. The fourth-order valence-corrected chi connectivity index (χ4v) is 2.91. The maximum atomic E-state index is 12.1. The van der Waals surface area contributed by atoms with Gasteiger partial charge in [-0.3, -0.25) is 25.6 Å². The minimum absolute atomic E-state index is 0.242. The lowest BCUT2D eigenvalue weighted by atomic mass is 10.0. The Morgan fingerprint density at radius 2 is 1.69 bits per heavy atom. The van der Waals surface area contributed by atoms with Crippen molar-refractivity contribution in [1.29, 1.82) is 5.41 Å². The second kappa shape index (κ2) is 12.2. The van der Waals surface area contributed by atoms with E-state index in [0.29, 0.717) is 5.56 Å². The highest BCUT2D eigenvalue weighted by atomic mass is 35.5. The van der Waals surface area contributed by atoms with Crippen molar-refractivity contribution in [1.82, 2.24) is 16.0 Å². The second-order valence-electron chi connectivity index (χ2n) is 7.13. The summed E-state index contributed by atoms with van der Waals surface area (Å²) >= 11 is 12.0. The van der Waals surface area contributed by atoms with Gasteiger partial charge in [-0.15, -0.1) is 0 Å². The highest BCUT2D eigenvalue weighted by Crippen LogP contribution is 2.24. The van der Waals surface area contributed by atoms with Crippen molar-refractivity contribution in [3.8, 4) is 0 Å². The maximum Gasteiger partial charge on any atom is 0.414 e. The van der Waals surface area contributed by atoms with Crippen LogP contribution in [0, 0.1) is 11.3 Å². The van der Waals surface area contributed by atoms with Crippen molar-refractivity contribution >= 4 is 53.0 Å². The Morgan fingerprint density at radius 1 is 1.12 bits per heavy atom. The molecule has 0 heterocycles. The number of nitrogens with two attached hydrogens (primary N) is 1. The van der Waals surface area contributed by atoms with Gasteiger partial charge in [-0.2, -0.15) is 0 Å². The quantitative estimate of drug-likeness (QED) is 0.234. The molecule has 0 saturated heterocycles. The Hall–Kier alpha value is -2.89. The van der Waals surface area contributed by atoms with E-state index in [1.54, 1.807) is 32.0 Å². The topological polar surface area (TPSA) is 184 Å². The fraction of sp³-hybridized carbons (Fsp3) is 0.421. The van der Waals surface area contributed by atoms with E-state index in [1.165, 1.54) is 6.92 Å². The van der Waals surface area contributed by atoms with Crippen molar-refractivity contribution in [2.24, 2.45) is 11.7 Å². The Bertz CT molecular complexity index is 875. The molecule has 0 unspecified atom stereocenters. The lowest BCUT2D eigenvalue weighted by molar-refractivity contribution is -0.145. The van der Waals surface area contributed by atoms with Crippen LogP contribution in [0.1, 0.15) is 26.3 Å². The molecule has 13 heteroatoms. The molecule has 1 rings (SSSR count). The van der Waals surface area contributed by atoms with Crippen molar-refractivity contribution < 1.29 is 29.0 Å². The summed E-state index contributed by atoms with van der Waals surface area (Å²) in [5.74, 6) is -3.81. The lowest BCUT2D eigenvalue weighted by Gasteiger charge is -2.24. The molecule has 0 aliphatic carbocycles. The number of alkyl carbamates (subject to hydrolysis) is 1. The van der Waals surface area contributed by atoms with E-state index in [2.05, 4.69) is 10.6 Å². The van der Waals surface area contributed by atoms with E-state index in [4.69, 9.17) is 39.1 Å². The van der Waals surface area contributed by atoms with Crippen LogP contribution >= 0.6 is 23.2 Å². The van der Waals surface area contributed by atoms with Gasteiger partial charge in [-0.25, -0.2) is 9.59 Å². The molecule has 1 aromatic carbocycles. The predicted octanol–water partition coefficient (Wildman–Crippen LogP) is 1.25. The zero-order valence-corrected chi connectivity index (χ0v) is 19.1. The summed E-state index contributed by atoms with van der Waals surface area (Å²) in [5, 5.41) is 23.8. The molecule has 0 fully saturated rings. The molecule has 3 atom stereocenters. The number of carboxylic acids is 1. The van der Waals surface area contributed by atoms with Gasteiger partial charge in [0.05, 0.1) is 12.5 Å². The lowest BCUT2D eigenvalue weighted by Crippen LogP contribution is -2.55. The van der Waals surface area contributed by atoms with E-state index in [1.807, 2.05) is 5.32 Å². The Labute approximate surface area is 194 Å². The van der Waals surface area contributed by atoms with Gasteiger partial charge in [-0.05, 0) is 30.5 Å². The van der Waals surface area contributed by atoms with Crippen LogP contribution in [0.5, 0.6) is 0 Å². The summed E-state index contributed by atoms with van der Waals surface area (Å²) in [4.78, 5) is 47.5. The minimum atomic E-state index is -1.58. The third kappa shape index (κ3) is 8.33. The highest BCUT2D eigenvalue weighted by molar-refractivity contribution is 6.36. The first-order valence-corrected chi connectivity index (χ1v) is 10.2. The van der Waals surface area contributed by atoms with Gasteiger partial charge in [0, 0.05) is 10.0 Å². The van der Waals surface area contributed by atoms with Gasteiger partial charge in [0.15, 0.2) is 6.04 Å². The maximum absolute atomic E-state index is 12.1.